The number of hydrogen-bond acceptors (Lipinski definition) is 3. The molecule has 1 saturated heterocycles. The Labute approximate surface area is 104 Å². The van der Waals surface area contributed by atoms with Crippen LogP contribution in [0, 0.1) is 0 Å². The van der Waals surface area contributed by atoms with Gasteiger partial charge in [0.05, 0.1) is 17.8 Å². The fourth-order valence-corrected chi connectivity index (χ4v) is 2.53. The average Bonchev–Trinajstić information content (AvgIpc) is 2.67. The number of carbonyl (C=O) groups excluding carboxylic acids is 1. The predicted molar refractivity (Wildman–Crippen MR) is 63.8 cm³/mol. The Bertz CT molecular complexity index is 521. The zero-order valence-electron chi connectivity index (χ0n) is 9.76. The number of amides is 1. The van der Waals surface area contributed by atoms with Crippen molar-refractivity contribution >= 4 is 17.7 Å². The van der Waals surface area contributed by atoms with Crippen LogP contribution in [0.15, 0.2) is 24.3 Å². The summed E-state index contributed by atoms with van der Waals surface area (Å²) in [6, 6.07) is 6.51. The minimum absolute atomic E-state index is 0.130. The van der Waals surface area contributed by atoms with Crippen molar-refractivity contribution in [3.8, 4) is 0 Å². The number of ether oxygens (including phenoxy) is 1. The van der Waals surface area contributed by atoms with Gasteiger partial charge in [0.1, 0.15) is 5.60 Å². The molecule has 1 aromatic carbocycles. The summed E-state index contributed by atoms with van der Waals surface area (Å²) in [6.45, 7) is 0.454. The smallest absolute Gasteiger partial charge is 0.415 e. The number of carboxylic acid groups (broad SMARTS) is 1. The molecule has 0 radical (unpaired) electrons. The third-order valence-corrected chi connectivity index (χ3v) is 3.66. The summed E-state index contributed by atoms with van der Waals surface area (Å²) >= 11 is 0. The van der Waals surface area contributed by atoms with Crippen LogP contribution in [-0.4, -0.2) is 29.3 Å². The van der Waals surface area contributed by atoms with E-state index in [1.807, 2.05) is 0 Å². The molecule has 3 rings (SSSR count). The number of hydrogen-bond donors (Lipinski definition) is 1. The first-order valence-electron chi connectivity index (χ1n) is 5.94. The number of benzene rings is 1. The van der Waals surface area contributed by atoms with Crippen molar-refractivity contribution < 1.29 is 19.4 Å². The summed E-state index contributed by atoms with van der Waals surface area (Å²) in [7, 11) is 0. The SMILES string of the molecule is O=C(O)c1ccccc1N1CC2(CCC2)OC1=O. The van der Waals surface area contributed by atoms with E-state index in [-0.39, 0.29) is 11.2 Å². The first kappa shape index (κ1) is 11.1. The molecular formula is C13H13NO4. The Balaban J connectivity index is 1.96. The maximum atomic E-state index is 11.9. The van der Waals surface area contributed by atoms with E-state index in [0.717, 1.165) is 19.3 Å². The molecule has 1 spiro atoms. The van der Waals surface area contributed by atoms with Gasteiger partial charge in [-0.1, -0.05) is 12.1 Å². The lowest BCUT2D eigenvalue weighted by atomic mass is 9.80. The molecule has 0 bridgehead atoms. The Hall–Kier alpha value is -2.04. The van der Waals surface area contributed by atoms with Gasteiger partial charge in [-0.25, -0.2) is 9.59 Å². The fourth-order valence-electron chi connectivity index (χ4n) is 2.53. The number of rotatable bonds is 2. The summed E-state index contributed by atoms with van der Waals surface area (Å²) in [5.41, 5.74) is 0.174. The minimum Gasteiger partial charge on any atom is -0.478 e. The van der Waals surface area contributed by atoms with Crippen molar-refractivity contribution in [3.63, 3.8) is 0 Å². The molecule has 18 heavy (non-hydrogen) atoms. The van der Waals surface area contributed by atoms with Crippen molar-refractivity contribution in [2.45, 2.75) is 24.9 Å². The quantitative estimate of drug-likeness (QED) is 0.870. The van der Waals surface area contributed by atoms with Gasteiger partial charge in [0.15, 0.2) is 0 Å². The van der Waals surface area contributed by atoms with Gasteiger partial charge >= 0.3 is 12.1 Å². The van der Waals surface area contributed by atoms with Gasteiger partial charge in [-0.2, -0.15) is 0 Å². The summed E-state index contributed by atoms with van der Waals surface area (Å²) in [5, 5.41) is 9.13. The van der Waals surface area contributed by atoms with Crippen molar-refractivity contribution in [1.82, 2.24) is 0 Å². The lowest BCUT2D eigenvalue weighted by Gasteiger charge is -2.35. The number of nitrogens with zero attached hydrogens (tertiary/aromatic N) is 1. The van der Waals surface area contributed by atoms with E-state index >= 15 is 0 Å². The summed E-state index contributed by atoms with van der Waals surface area (Å²) in [5.74, 6) is -1.03. The van der Waals surface area contributed by atoms with E-state index in [0.29, 0.717) is 12.2 Å². The number of anilines is 1. The van der Waals surface area contributed by atoms with Crippen LogP contribution in [0.2, 0.25) is 0 Å². The lowest BCUT2D eigenvalue weighted by Crippen LogP contribution is -2.41. The number of aromatic carboxylic acids is 1. The first-order chi connectivity index (χ1) is 8.61. The molecule has 2 aliphatic rings. The van der Waals surface area contributed by atoms with E-state index < -0.39 is 12.1 Å². The van der Waals surface area contributed by atoms with Gasteiger partial charge in [0, 0.05) is 0 Å². The van der Waals surface area contributed by atoms with E-state index in [2.05, 4.69) is 0 Å². The van der Waals surface area contributed by atoms with Gasteiger partial charge < -0.3 is 9.84 Å². The molecule has 94 valence electrons. The van der Waals surface area contributed by atoms with Crippen LogP contribution >= 0.6 is 0 Å². The largest absolute Gasteiger partial charge is 0.478 e. The molecule has 2 fully saturated rings. The third-order valence-electron chi connectivity index (χ3n) is 3.66. The van der Waals surface area contributed by atoms with E-state index in [1.165, 1.54) is 11.0 Å². The van der Waals surface area contributed by atoms with Crippen molar-refractivity contribution in [3.05, 3.63) is 29.8 Å². The number of carboxylic acids is 1. The summed E-state index contributed by atoms with van der Waals surface area (Å²) in [6.07, 6.45) is 2.35. The molecule has 0 aromatic heterocycles. The normalized spacial score (nSPS) is 20.7. The standard InChI is InChI=1S/C13H13NO4/c15-11(16)9-4-1-2-5-10(9)14-8-13(6-3-7-13)18-12(14)17/h1-2,4-5H,3,6-8H2,(H,15,16). The van der Waals surface area contributed by atoms with Crippen molar-refractivity contribution in [2.75, 3.05) is 11.4 Å². The maximum Gasteiger partial charge on any atom is 0.415 e. The topological polar surface area (TPSA) is 66.8 Å². The zero-order chi connectivity index (χ0) is 12.8. The molecule has 1 amide bonds. The highest BCUT2D eigenvalue weighted by molar-refractivity contribution is 6.00. The van der Waals surface area contributed by atoms with Crippen LogP contribution in [0.3, 0.4) is 0 Å². The van der Waals surface area contributed by atoms with Crippen LogP contribution in [0.4, 0.5) is 10.5 Å². The van der Waals surface area contributed by atoms with Gasteiger partial charge in [-0.05, 0) is 31.4 Å². The second kappa shape index (κ2) is 3.73. The fraction of sp³-hybridized carbons (Fsp3) is 0.385. The van der Waals surface area contributed by atoms with E-state index in [1.54, 1.807) is 18.2 Å². The van der Waals surface area contributed by atoms with E-state index in [4.69, 9.17) is 9.84 Å². The number of para-hydroxylation sites is 1. The zero-order valence-corrected chi connectivity index (χ0v) is 9.76. The molecule has 1 aromatic rings. The Kier molecular flexibility index (Phi) is 2.29. The Morgan fingerprint density at radius 1 is 1.33 bits per heavy atom. The van der Waals surface area contributed by atoms with Crippen molar-refractivity contribution in [2.24, 2.45) is 0 Å². The third kappa shape index (κ3) is 1.54. The Morgan fingerprint density at radius 3 is 2.61 bits per heavy atom. The average molecular weight is 247 g/mol. The van der Waals surface area contributed by atoms with Gasteiger partial charge in [-0.3, -0.25) is 4.90 Å². The predicted octanol–water partition coefficient (Wildman–Crippen LogP) is 2.26. The van der Waals surface area contributed by atoms with Gasteiger partial charge in [-0.15, -0.1) is 0 Å². The van der Waals surface area contributed by atoms with Crippen LogP contribution in [-0.2, 0) is 4.74 Å². The molecule has 0 atom stereocenters. The molecular weight excluding hydrogens is 234 g/mol. The van der Waals surface area contributed by atoms with Crippen LogP contribution < -0.4 is 4.90 Å². The molecule has 1 heterocycles. The summed E-state index contributed by atoms with van der Waals surface area (Å²) < 4.78 is 5.38. The lowest BCUT2D eigenvalue weighted by molar-refractivity contribution is -0.00651. The molecule has 5 heteroatoms. The van der Waals surface area contributed by atoms with Crippen LogP contribution in [0.25, 0.3) is 0 Å². The molecule has 1 aliphatic carbocycles. The monoisotopic (exact) mass is 247 g/mol. The highest BCUT2D eigenvalue weighted by Crippen LogP contribution is 2.42. The molecule has 1 saturated carbocycles. The molecule has 1 N–H and O–H groups in total. The Morgan fingerprint density at radius 2 is 2.06 bits per heavy atom. The molecule has 5 nitrogen and oxygen atoms in total. The second-order valence-electron chi connectivity index (χ2n) is 4.81. The van der Waals surface area contributed by atoms with Gasteiger partial charge in [0.25, 0.3) is 0 Å². The van der Waals surface area contributed by atoms with E-state index in [9.17, 15) is 9.59 Å². The summed E-state index contributed by atoms with van der Waals surface area (Å²) in [4.78, 5) is 24.5. The van der Waals surface area contributed by atoms with Crippen LogP contribution in [0.1, 0.15) is 29.6 Å². The van der Waals surface area contributed by atoms with Crippen molar-refractivity contribution in [1.29, 1.82) is 0 Å². The first-order valence-corrected chi connectivity index (χ1v) is 5.94. The second-order valence-corrected chi connectivity index (χ2v) is 4.81. The highest BCUT2D eigenvalue weighted by Gasteiger charge is 2.50. The molecule has 0 unspecified atom stereocenters. The highest BCUT2D eigenvalue weighted by atomic mass is 16.6. The van der Waals surface area contributed by atoms with Crippen LogP contribution in [0.5, 0.6) is 0 Å². The molecule has 1 aliphatic heterocycles. The maximum absolute atomic E-state index is 11.9. The number of carbonyl (C=O) groups is 2. The van der Waals surface area contributed by atoms with Gasteiger partial charge in [0.2, 0.25) is 0 Å². The minimum atomic E-state index is -1.03.